The standard InChI is InChI=1S/C15H20N4O4S/c1-22-13-5-2-6-14(8-13)23-10-12-4-3-7-19(9-12)24(20,21)15-16-11-17-18-15/h2,5-6,8,11-12H,3-4,7,9-10H2,1H3,(H,16,17,18)/t12-/m1/s1. The Balaban J connectivity index is 1.61. The number of hydrogen-bond donors (Lipinski definition) is 1. The van der Waals surface area contributed by atoms with Crippen molar-refractivity contribution in [1.82, 2.24) is 19.5 Å². The highest BCUT2D eigenvalue weighted by Crippen LogP contribution is 2.24. The fourth-order valence-corrected chi connectivity index (χ4v) is 4.10. The number of piperidine rings is 1. The minimum Gasteiger partial charge on any atom is -0.497 e. The molecule has 0 aliphatic carbocycles. The molecule has 1 atom stereocenters. The molecule has 24 heavy (non-hydrogen) atoms. The van der Waals surface area contributed by atoms with Crippen molar-refractivity contribution in [3.05, 3.63) is 30.6 Å². The van der Waals surface area contributed by atoms with E-state index in [2.05, 4.69) is 15.2 Å². The summed E-state index contributed by atoms with van der Waals surface area (Å²) in [6.07, 6.45) is 2.91. The van der Waals surface area contributed by atoms with Gasteiger partial charge in [0.05, 0.1) is 13.7 Å². The van der Waals surface area contributed by atoms with Crippen LogP contribution in [0.25, 0.3) is 0 Å². The Labute approximate surface area is 140 Å². The molecule has 9 heteroatoms. The second-order valence-corrected chi connectivity index (χ2v) is 7.51. The zero-order chi connectivity index (χ0) is 17.0. The van der Waals surface area contributed by atoms with Gasteiger partial charge in [0.2, 0.25) is 0 Å². The summed E-state index contributed by atoms with van der Waals surface area (Å²) in [5, 5.41) is 5.93. The summed E-state index contributed by atoms with van der Waals surface area (Å²) in [4.78, 5) is 3.76. The molecule has 0 spiro atoms. The number of sulfonamides is 1. The van der Waals surface area contributed by atoms with Gasteiger partial charge in [0.15, 0.2) is 0 Å². The highest BCUT2D eigenvalue weighted by Gasteiger charge is 2.32. The average molecular weight is 352 g/mol. The lowest BCUT2D eigenvalue weighted by atomic mass is 10.0. The van der Waals surface area contributed by atoms with Crippen molar-refractivity contribution in [1.29, 1.82) is 0 Å². The first-order valence-corrected chi connectivity index (χ1v) is 9.16. The number of H-pyrrole nitrogens is 1. The predicted octanol–water partition coefficient (Wildman–Crippen LogP) is 1.29. The van der Waals surface area contributed by atoms with Crippen molar-refractivity contribution in [2.45, 2.75) is 18.0 Å². The molecule has 0 amide bonds. The maximum Gasteiger partial charge on any atom is 0.278 e. The zero-order valence-electron chi connectivity index (χ0n) is 13.4. The number of rotatable bonds is 6. The van der Waals surface area contributed by atoms with E-state index in [9.17, 15) is 8.42 Å². The Kier molecular flexibility index (Phi) is 5.00. The fourth-order valence-electron chi connectivity index (χ4n) is 2.73. The van der Waals surface area contributed by atoms with Crippen molar-refractivity contribution in [2.75, 3.05) is 26.8 Å². The molecule has 1 aliphatic rings. The van der Waals surface area contributed by atoms with Crippen LogP contribution in [0.2, 0.25) is 0 Å². The van der Waals surface area contributed by atoms with E-state index >= 15 is 0 Å². The first-order valence-electron chi connectivity index (χ1n) is 7.72. The van der Waals surface area contributed by atoms with Crippen LogP contribution < -0.4 is 9.47 Å². The summed E-state index contributed by atoms with van der Waals surface area (Å²) in [5.41, 5.74) is 0. The molecule has 1 saturated heterocycles. The van der Waals surface area contributed by atoms with E-state index in [0.29, 0.717) is 25.4 Å². The van der Waals surface area contributed by atoms with Crippen molar-refractivity contribution in [3.63, 3.8) is 0 Å². The van der Waals surface area contributed by atoms with Crippen LogP contribution >= 0.6 is 0 Å². The second-order valence-electron chi connectivity index (χ2n) is 5.65. The molecule has 1 N–H and O–H groups in total. The Morgan fingerprint density at radius 2 is 2.21 bits per heavy atom. The van der Waals surface area contributed by atoms with Gasteiger partial charge in [-0.05, 0) is 25.0 Å². The van der Waals surface area contributed by atoms with Crippen LogP contribution in [-0.2, 0) is 10.0 Å². The molecular formula is C15H20N4O4S. The van der Waals surface area contributed by atoms with Gasteiger partial charge in [-0.3, -0.25) is 0 Å². The van der Waals surface area contributed by atoms with E-state index in [1.165, 1.54) is 10.6 Å². The fraction of sp³-hybridized carbons (Fsp3) is 0.467. The first-order chi connectivity index (χ1) is 11.6. The number of ether oxygens (including phenoxy) is 2. The summed E-state index contributed by atoms with van der Waals surface area (Å²) in [5.74, 6) is 1.57. The van der Waals surface area contributed by atoms with E-state index in [0.717, 1.165) is 18.6 Å². The monoisotopic (exact) mass is 352 g/mol. The SMILES string of the molecule is COc1cccc(OC[C@@H]2CCCN(S(=O)(=O)c3ncn[nH]3)C2)c1. The smallest absolute Gasteiger partial charge is 0.278 e. The van der Waals surface area contributed by atoms with Gasteiger partial charge in [0.1, 0.15) is 17.8 Å². The molecule has 3 rings (SSSR count). The van der Waals surface area contributed by atoms with Gasteiger partial charge >= 0.3 is 0 Å². The van der Waals surface area contributed by atoms with Gasteiger partial charge in [0.25, 0.3) is 15.2 Å². The zero-order valence-corrected chi connectivity index (χ0v) is 14.2. The van der Waals surface area contributed by atoms with Crippen LogP contribution in [-0.4, -0.2) is 54.7 Å². The molecule has 2 aromatic rings. The number of nitrogens with zero attached hydrogens (tertiary/aromatic N) is 3. The Morgan fingerprint density at radius 3 is 2.96 bits per heavy atom. The van der Waals surface area contributed by atoms with Crippen LogP contribution in [0.5, 0.6) is 11.5 Å². The largest absolute Gasteiger partial charge is 0.497 e. The molecule has 1 aliphatic heterocycles. The minimum absolute atomic E-state index is 0.114. The third kappa shape index (κ3) is 3.68. The van der Waals surface area contributed by atoms with Crippen LogP contribution in [0, 0.1) is 5.92 Å². The molecule has 0 unspecified atom stereocenters. The molecular weight excluding hydrogens is 332 g/mol. The summed E-state index contributed by atoms with van der Waals surface area (Å²) in [6.45, 7) is 1.35. The Hall–Kier alpha value is -2.13. The van der Waals surface area contributed by atoms with Crippen LogP contribution in [0.1, 0.15) is 12.8 Å². The summed E-state index contributed by atoms with van der Waals surface area (Å²) in [7, 11) is -2.01. The number of nitrogens with one attached hydrogen (secondary N) is 1. The van der Waals surface area contributed by atoms with Crippen molar-refractivity contribution >= 4 is 10.0 Å². The van der Waals surface area contributed by atoms with E-state index in [1.807, 2.05) is 24.3 Å². The minimum atomic E-state index is -3.62. The lowest BCUT2D eigenvalue weighted by molar-refractivity contribution is 0.179. The molecule has 0 saturated carbocycles. The summed E-state index contributed by atoms with van der Waals surface area (Å²) >= 11 is 0. The van der Waals surface area contributed by atoms with Gasteiger partial charge < -0.3 is 9.47 Å². The molecule has 2 heterocycles. The normalized spacial score (nSPS) is 19.1. The molecule has 1 fully saturated rings. The van der Waals surface area contributed by atoms with Gasteiger partial charge in [-0.2, -0.15) is 9.40 Å². The third-order valence-corrected chi connectivity index (χ3v) is 5.68. The molecule has 0 radical (unpaired) electrons. The number of methoxy groups -OCH3 is 1. The quantitative estimate of drug-likeness (QED) is 0.841. The molecule has 0 bridgehead atoms. The van der Waals surface area contributed by atoms with Crippen LogP contribution in [0.3, 0.4) is 0 Å². The van der Waals surface area contributed by atoms with E-state index in [-0.39, 0.29) is 11.1 Å². The van der Waals surface area contributed by atoms with Gasteiger partial charge in [-0.15, -0.1) is 0 Å². The number of aromatic amines is 1. The van der Waals surface area contributed by atoms with Gasteiger partial charge in [-0.25, -0.2) is 18.5 Å². The number of aromatic nitrogens is 3. The van der Waals surface area contributed by atoms with E-state index < -0.39 is 10.0 Å². The van der Waals surface area contributed by atoms with Gasteiger partial charge in [0, 0.05) is 25.1 Å². The predicted molar refractivity (Wildman–Crippen MR) is 86.4 cm³/mol. The first kappa shape index (κ1) is 16.7. The lowest BCUT2D eigenvalue weighted by Crippen LogP contribution is -2.41. The molecule has 8 nitrogen and oxygen atoms in total. The molecule has 1 aromatic carbocycles. The Bertz CT molecular complexity index is 764. The molecule has 1 aromatic heterocycles. The maximum atomic E-state index is 12.5. The van der Waals surface area contributed by atoms with E-state index in [4.69, 9.17) is 9.47 Å². The average Bonchev–Trinajstić information content (AvgIpc) is 3.16. The lowest BCUT2D eigenvalue weighted by Gasteiger charge is -2.31. The van der Waals surface area contributed by atoms with Crippen LogP contribution in [0.15, 0.2) is 35.7 Å². The van der Waals surface area contributed by atoms with Crippen molar-refractivity contribution in [3.8, 4) is 11.5 Å². The third-order valence-electron chi connectivity index (χ3n) is 3.99. The van der Waals surface area contributed by atoms with Crippen molar-refractivity contribution < 1.29 is 17.9 Å². The van der Waals surface area contributed by atoms with Crippen LogP contribution in [0.4, 0.5) is 0 Å². The van der Waals surface area contributed by atoms with Crippen molar-refractivity contribution in [2.24, 2.45) is 5.92 Å². The highest BCUT2D eigenvalue weighted by atomic mass is 32.2. The number of benzene rings is 1. The maximum absolute atomic E-state index is 12.5. The Morgan fingerprint density at radius 1 is 1.38 bits per heavy atom. The number of hydrogen-bond acceptors (Lipinski definition) is 6. The molecule has 130 valence electrons. The topological polar surface area (TPSA) is 97.4 Å². The summed E-state index contributed by atoms with van der Waals surface area (Å²) < 4.78 is 37.4. The summed E-state index contributed by atoms with van der Waals surface area (Å²) in [6, 6.07) is 7.37. The second kappa shape index (κ2) is 7.18. The van der Waals surface area contributed by atoms with Gasteiger partial charge in [-0.1, -0.05) is 6.07 Å². The van der Waals surface area contributed by atoms with E-state index in [1.54, 1.807) is 7.11 Å². The highest BCUT2D eigenvalue weighted by molar-refractivity contribution is 7.88.